The fraction of sp³-hybridized carbons (Fsp3) is 0.333. The van der Waals surface area contributed by atoms with Crippen LogP contribution in [0, 0.1) is 6.92 Å². The molecule has 1 aromatic heterocycles. The summed E-state index contributed by atoms with van der Waals surface area (Å²) in [5, 5.41) is 9.92. The summed E-state index contributed by atoms with van der Waals surface area (Å²) in [7, 11) is 0. The minimum atomic E-state index is -0.0775. The Labute approximate surface area is 102 Å². The Kier molecular flexibility index (Phi) is 2.74. The molecule has 2 rings (SSSR count). The molecule has 0 saturated carbocycles. The van der Waals surface area contributed by atoms with Gasteiger partial charge in [0.2, 0.25) is 0 Å². The van der Waals surface area contributed by atoms with Crippen molar-refractivity contribution < 1.29 is 9.52 Å². The number of benzene rings is 1. The molecule has 0 unspecified atom stereocenters. The van der Waals surface area contributed by atoms with Crippen LogP contribution in [-0.2, 0) is 5.41 Å². The van der Waals surface area contributed by atoms with Gasteiger partial charge in [-0.15, -0.1) is 0 Å². The third-order valence-corrected chi connectivity index (χ3v) is 2.73. The average molecular weight is 230 g/mol. The lowest BCUT2D eigenvalue weighted by molar-refractivity contribution is 0.396. The van der Waals surface area contributed by atoms with E-state index in [0.29, 0.717) is 5.75 Å². The van der Waals surface area contributed by atoms with Crippen molar-refractivity contribution in [3.05, 3.63) is 41.9 Å². The second kappa shape index (κ2) is 3.95. The Morgan fingerprint density at radius 1 is 1.06 bits per heavy atom. The van der Waals surface area contributed by atoms with Gasteiger partial charge in [-0.3, -0.25) is 0 Å². The van der Waals surface area contributed by atoms with Gasteiger partial charge in [0.15, 0.2) is 0 Å². The minimum Gasteiger partial charge on any atom is -0.507 e. The summed E-state index contributed by atoms with van der Waals surface area (Å²) >= 11 is 0. The second-order valence-corrected chi connectivity index (χ2v) is 5.37. The van der Waals surface area contributed by atoms with Crippen molar-refractivity contribution in [2.24, 2.45) is 0 Å². The van der Waals surface area contributed by atoms with Gasteiger partial charge in [0, 0.05) is 16.5 Å². The van der Waals surface area contributed by atoms with Gasteiger partial charge in [-0.05, 0) is 19.1 Å². The van der Waals surface area contributed by atoms with Crippen LogP contribution in [0.2, 0.25) is 0 Å². The van der Waals surface area contributed by atoms with Crippen molar-refractivity contribution in [1.29, 1.82) is 0 Å². The molecule has 0 fully saturated rings. The zero-order chi connectivity index (χ0) is 12.6. The predicted molar refractivity (Wildman–Crippen MR) is 69.2 cm³/mol. The van der Waals surface area contributed by atoms with E-state index in [4.69, 9.17) is 4.42 Å². The highest BCUT2D eigenvalue weighted by Gasteiger charge is 2.24. The largest absolute Gasteiger partial charge is 0.507 e. The summed E-state index contributed by atoms with van der Waals surface area (Å²) in [4.78, 5) is 0. The molecule has 2 heteroatoms. The lowest BCUT2D eigenvalue weighted by atomic mass is 9.88. The highest BCUT2D eigenvalue weighted by Crippen LogP contribution is 2.38. The van der Waals surface area contributed by atoms with Crippen molar-refractivity contribution in [2.75, 3.05) is 0 Å². The van der Waals surface area contributed by atoms with Crippen LogP contribution in [0.4, 0.5) is 0 Å². The smallest absolute Gasteiger partial charge is 0.123 e. The number of aromatic hydroxyl groups is 1. The predicted octanol–water partition coefficient (Wildman–Crippen LogP) is 4.26. The number of hydrogen-bond donors (Lipinski definition) is 1. The molecule has 2 nitrogen and oxygen atoms in total. The second-order valence-electron chi connectivity index (χ2n) is 5.37. The molecule has 0 aliphatic heterocycles. The zero-order valence-corrected chi connectivity index (χ0v) is 10.7. The Morgan fingerprint density at radius 3 is 2.29 bits per heavy atom. The molecule has 0 atom stereocenters. The first-order chi connectivity index (χ1) is 7.89. The van der Waals surface area contributed by atoms with E-state index in [-0.39, 0.29) is 5.41 Å². The van der Waals surface area contributed by atoms with Crippen molar-refractivity contribution in [2.45, 2.75) is 33.1 Å². The Morgan fingerprint density at radius 2 is 1.71 bits per heavy atom. The number of para-hydroxylation sites is 1. The number of phenolic OH excluding ortho intramolecular Hbond substituents is 1. The maximum absolute atomic E-state index is 9.92. The monoisotopic (exact) mass is 230 g/mol. The van der Waals surface area contributed by atoms with E-state index in [1.807, 2.05) is 31.2 Å². The summed E-state index contributed by atoms with van der Waals surface area (Å²) in [5.74, 6) is 2.07. The van der Waals surface area contributed by atoms with Gasteiger partial charge in [0.05, 0.1) is 0 Å². The summed E-state index contributed by atoms with van der Waals surface area (Å²) < 4.78 is 5.78. The fourth-order valence-corrected chi connectivity index (χ4v) is 1.97. The lowest BCUT2D eigenvalue weighted by Gasteiger charge is -2.17. The molecule has 0 aliphatic rings. The maximum Gasteiger partial charge on any atom is 0.123 e. The summed E-state index contributed by atoms with van der Waals surface area (Å²) in [6.07, 6.45) is 0. The SMILES string of the molecule is Cc1cc(-c2ccccc2O)c(C(C)(C)C)o1. The number of phenols is 1. The van der Waals surface area contributed by atoms with Crippen LogP contribution in [0.5, 0.6) is 5.75 Å². The summed E-state index contributed by atoms with van der Waals surface area (Å²) in [6, 6.07) is 9.33. The van der Waals surface area contributed by atoms with Crippen LogP contribution in [0.25, 0.3) is 11.1 Å². The minimum absolute atomic E-state index is 0.0775. The third kappa shape index (κ3) is 2.21. The van der Waals surface area contributed by atoms with Crippen LogP contribution in [0.3, 0.4) is 0 Å². The van der Waals surface area contributed by atoms with Crippen molar-refractivity contribution in [3.8, 4) is 16.9 Å². The molecule has 90 valence electrons. The van der Waals surface area contributed by atoms with Crippen LogP contribution in [0.1, 0.15) is 32.3 Å². The van der Waals surface area contributed by atoms with Crippen LogP contribution < -0.4 is 0 Å². The highest BCUT2D eigenvalue weighted by atomic mass is 16.3. The number of hydrogen-bond acceptors (Lipinski definition) is 2. The van der Waals surface area contributed by atoms with Crippen molar-refractivity contribution in [1.82, 2.24) is 0 Å². The van der Waals surface area contributed by atoms with E-state index in [0.717, 1.165) is 22.6 Å². The molecule has 2 aromatic rings. The quantitative estimate of drug-likeness (QED) is 0.794. The van der Waals surface area contributed by atoms with E-state index in [9.17, 15) is 5.11 Å². The van der Waals surface area contributed by atoms with Gasteiger partial charge >= 0.3 is 0 Å². The van der Waals surface area contributed by atoms with Gasteiger partial charge in [-0.2, -0.15) is 0 Å². The maximum atomic E-state index is 9.92. The molecular formula is C15H18O2. The average Bonchev–Trinajstić information content (AvgIpc) is 2.60. The molecule has 17 heavy (non-hydrogen) atoms. The molecule has 0 saturated heterocycles. The summed E-state index contributed by atoms with van der Waals surface area (Å²) in [5.41, 5.74) is 1.73. The summed E-state index contributed by atoms with van der Waals surface area (Å²) in [6.45, 7) is 8.25. The fourth-order valence-electron chi connectivity index (χ4n) is 1.97. The molecule has 1 heterocycles. The number of aryl methyl sites for hydroxylation is 1. The highest BCUT2D eigenvalue weighted by molar-refractivity contribution is 5.72. The van der Waals surface area contributed by atoms with Crippen LogP contribution >= 0.6 is 0 Å². The Bertz CT molecular complexity index is 530. The van der Waals surface area contributed by atoms with E-state index in [2.05, 4.69) is 20.8 Å². The van der Waals surface area contributed by atoms with Crippen LogP contribution in [-0.4, -0.2) is 5.11 Å². The standard InChI is InChI=1S/C15H18O2/c1-10-9-12(14(17-10)15(2,3)4)11-7-5-6-8-13(11)16/h5-9,16H,1-4H3. The van der Waals surface area contributed by atoms with Gasteiger partial charge in [-0.1, -0.05) is 39.0 Å². The van der Waals surface area contributed by atoms with Gasteiger partial charge in [0.25, 0.3) is 0 Å². The topological polar surface area (TPSA) is 33.4 Å². The van der Waals surface area contributed by atoms with Gasteiger partial charge < -0.3 is 9.52 Å². The molecule has 0 bridgehead atoms. The molecule has 0 aliphatic carbocycles. The zero-order valence-electron chi connectivity index (χ0n) is 10.7. The van der Waals surface area contributed by atoms with E-state index >= 15 is 0 Å². The Hall–Kier alpha value is -1.70. The van der Waals surface area contributed by atoms with E-state index in [1.165, 1.54) is 0 Å². The van der Waals surface area contributed by atoms with E-state index < -0.39 is 0 Å². The van der Waals surface area contributed by atoms with Gasteiger partial charge in [0.1, 0.15) is 17.3 Å². The van der Waals surface area contributed by atoms with Crippen molar-refractivity contribution >= 4 is 0 Å². The molecule has 0 radical (unpaired) electrons. The Balaban J connectivity index is 2.64. The first-order valence-corrected chi connectivity index (χ1v) is 5.79. The van der Waals surface area contributed by atoms with E-state index in [1.54, 1.807) is 6.07 Å². The molecule has 0 amide bonds. The molecule has 1 aromatic carbocycles. The first kappa shape index (κ1) is 11.8. The molecule has 1 N–H and O–H groups in total. The van der Waals surface area contributed by atoms with Gasteiger partial charge in [-0.25, -0.2) is 0 Å². The third-order valence-electron chi connectivity index (χ3n) is 2.73. The first-order valence-electron chi connectivity index (χ1n) is 5.79. The molecule has 0 spiro atoms. The normalized spacial score (nSPS) is 11.8. The van der Waals surface area contributed by atoms with Crippen molar-refractivity contribution in [3.63, 3.8) is 0 Å². The lowest BCUT2D eigenvalue weighted by Crippen LogP contribution is -2.10. The van der Waals surface area contributed by atoms with Crippen LogP contribution in [0.15, 0.2) is 34.7 Å². The number of rotatable bonds is 1. The number of furan rings is 1. The molecular weight excluding hydrogens is 212 g/mol.